The molecule has 0 unspecified atom stereocenters. The summed E-state index contributed by atoms with van der Waals surface area (Å²) in [5.74, 6) is 0.0429. The number of alkyl halides is 3. The first-order chi connectivity index (χ1) is 21.5. The number of carbonyl (C=O) groups excluding carboxylic acids is 1. The third kappa shape index (κ3) is 7.11. The molecule has 6 rings (SSSR count). The topological polar surface area (TPSA) is 119 Å². The summed E-state index contributed by atoms with van der Waals surface area (Å²) in [5.41, 5.74) is 4.99. The van der Waals surface area contributed by atoms with E-state index in [9.17, 15) is 23.1 Å². The summed E-state index contributed by atoms with van der Waals surface area (Å²) in [5, 5.41) is 29.8. The van der Waals surface area contributed by atoms with Crippen LogP contribution >= 0.6 is 0 Å². The summed E-state index contributed by atoms with van der Waals surface area (Å²) in [6, 6.07) is 11.1. The maximum absolute atomic E-state index is 13.5. The molecule has 1 fully saturated rings. The molecule has 3 aromatic heterocycles. The first kappa shape index (κ1) is 30.6. The Morgan fingerprint density at radius 3 is 2.60 bits per heavy atom. The number of aryl methyl sites for hydroxylation is 2. The Balaban J connectivity index is 1.04. The lowest BCUT2D eigenvalue weighted by Gasteiger charge is -2.16. The van der Waals surface area contributed by atoms with Crippen LogP contribution in [0.3, 0.4) is 0 Å². The van der Waals surface area contributed by atoms with Crippen molar-refractivity contribution >= 4 is 11.5 Å². The van der Waals surface area contributed by atoms with Crippen molar-refractivity contribution in [1.29, 1.82) is 0 Å². The number of hydrogen-bond acceptors (Lipinski definition) is 7. The van der Waals surface area contributed by atoms with E-state index in [0.717, 1.165) is 59.8 Å². The number of rotatable bonds is 11. The van der Waals surface area contributed by atoms with Crippen LogP contribution in [0.4, 0.5) is 13.2 Å². The first-order valence-electron chi connectivity index (χ1n) is 15.1. The second-order valence-electron chi connectivity index (χ2n) is 12.2. The van der Waals surface area contributed by atoms with Crippen LogP contribution in [0.25, 0.3) is 5.57 Å². The van der Waals surface area contributed by atoms with Crippen LogP contribution < -0.4 is 5.32 Å². The number of unbranched alkanes of at least 4 members (excludes halogenated alkanes) is 1. The first-order valence-corrected chi connectivity index (χ1v) is 15.1. The number of fused-ring (bicyclic) bond motifs is 1. The number of amides is 1. The van der Waals surface area contributed by atoms with E-state index < -0.39 is 17.3 Å². The molecule has 1 saturated carbocycles. The van der Waals surface area contributed by atoms with Crippen LogP contribution in [0.2, 0.25) is 0 Å². The molecule has 9 nitrogen and oxygen atoms in total. The van der Waals surface area contributed by atoms with Gasteiger partial charge in [-0.25, -0.2) is 0 Å². The standard InChI is InChI=1S/C33H34F3N7O2/c1-32(2,45)29-12-9-20(17-37-29)18-38-31(44)28-19-43(42-41-28)13-4-3-8-24-15-26-27(40-39-24)16-25(21-10-11-21)30(26)22-6-5-7-23(14-22)33(34,35)36/h5-7,9,12,14-15,17,19,21,45H,3-4,8,10-11,13,16,18H2,1-2H3,(H,38,44). The number of aromatic nitrogens is 6. The molecule has 2 aliphatic carbocycles. The Morgan fingerprint density at radius 1 is 1.07 bits per heavy atom. The lowest BCUT2D eigenvalue weighted by Crippen LogP contribution is -2.23. The number of hydrogen-bond donors (Lipinski definition) is 2. The van der Waals surface area contributed by atoms with Gasteiger partial charge in [-0.3, -0.25) is 14.5 Å². The Hall–Kier alpha value is -4.45. The van der Waals surface area contributed by atoms with Crippen LogP contribution in [0, 0.1) is 5.92 Å². The fraction of sp³-hybridized carbons (Fsp3) is 0.394. The minimum atomic E-state index is -4.41. The van der Waals surface area contributed by atoms with Crippen molar-refractivity contribution < 1.29 is 23.1 Å². The number of halogens is 3. The van der Waals surface area contributed by atoms with E-state index in [-0.39, 0.29) is 18.1 Å². The lowest BCUT2D eigenvalue weighted by atomic mass is 9.94. The third-order valence-corrected chi connectivity index (χ3v) is 8.16. The summed E-state index contributed by atoms with van der Waals surface area (Å²) in [7, 11) is 0. The summed E-state index contributed by atoms with van der Waals surface area (Å²) in [6.45, 7) is 4.14. The van der Waals surface area contributed by atoms with Gasteiger partial charge in [-0.1, -0.05) is 29.0 Å². The van der Waals surface area contributed by atoms with Crippen LogP contribution in [-0.4, -0.2) is 41.2 Å². The van der Waals surface area contributed by atoms with E-state index in [0.29, 0.717) is 36.6 Å². The average Bonchev–Trinajstić information content (AvgIpc) is 3.62. The average molecular weight is 618 g/mol. The number of benzene rings is 1. The monoisotopic (exact) mass is 617 g/mol. The zero-order valence-electron chi connectivity index (χ0n) is 25.1. The molecular formula is C33H34F3N7O2. The number of carbonyl (C=O) groups is 1. The largest absolute Gasteiger partial charge is 0.416 e. The molecule has 0 aliphatic heterocycles. The Bertz CT molecular complexity index is 1740. The van der Waals surface area contributed by atoms with E-state index in [1.807, 2.05) is 6.07 Å². The lowest BCUT2D eigenvalue weighted by molar-refractivity contribution is -0.137. The van der Waals surface area contributed by atoms with Crippen molar-refractivity contribution in [3.63, 3.8) is 0 Å². The maximum atomic E-state index is 13.5. The van der Waals surface area contributed by atoms with Gasteiger partial charge in [0.25, 0.3) is 5.91 Å². The normalized spacial score (nSPS) is 15.0. The number of aliphatic hydroxyl groups is 1. The van der Waals surface area contributed by atoms with Crippen molar-refractivity contribution in [2.75, 3.05) is 0 Å². The molecule has 2 N–H and O–H groups in total. The molecule has 4 aromatic rings. The molecule has 0 spiro atoms. The van der Waals surface area contributed by atoms with Crippen LogP contribution in [0.5, 0.6) is 0 Å². The number of pyridine rings is 1. The Labute approximate surface area is 258 Å². The van der Waals surface area contributed by atoms with Crippen LogP contribution in [0.15, 0.2) is 60.4 Å². The van der Waals surface area contributed by atoms with Crippen molar-refractivity contribution in [2.24, 2.45) is 5.92 Å². The molecule has 0 saturated heterocycles. The molecule has 2 aliphatic rings. The van der Waals surface area contributed by atoms with Gasteiger partial charge < -0.3 is 10.4 Å². The quantitative estimate of drug-likeness (QED) is 0.216. The minimum absolute atomic E-state index is 0.209. The molecule has 0 radical (unpaired) electrons. The van der Waals surface area contributed by atoms with Crippen LogP contribution in [-0.2, 0) is 37.7 Å². The molecule has 1 amide bonds. The highest BCUT2D eigenvalue weighted by atomic mass is 19.4. The van der Waals surface area contributed by atoms with Gasteiger partial charge in [-0.2, -0.15) is 23.4 Å². The molecule has 12 heteroatoms. The maximum Gasteiger partial charge on any atom is 0.416 e. The van der Waals surface area contributed by atoms with Crippen molar-refractivity contribution in [3.05, 3.63) is 105 Å². The predicted molar refractivity (Wildman–Crippen MR) is 160 cm³/mol. The van der Waals surface area contributed by atoms with E-state index in [2.05, 4.69) is 30.8 Å². The highest BCUT2D eigenvalue weighted by Gasteiger charge is 2.36. The molecule has 45 heavy (non-hydrogen) atoms. The zero-order chi connectivity index (χ0) is 31.8. The summed E-state index contributed by atoms with van der Waals surface area (Å²) < 4.78 is 42.1. The smallest absolute Gasteiger partial charge is 0.384 e. The molecule has 0 atom stereocenters. The van der Waals surface area contributed by atoms with Gasteiger partial charge in [0.15, 0.2) is 5.69 Å². The van der Waals surface area contributed by atoms with Gasteiger partial charge in [0.05, 0.1) is 28.8 Å². The van der Waals surface area contributed by atoms with Crippen molar-refractivity contribution in [1.82, 2.24) is 35.5 Å². The van der Waals surface area contributed by atoms with Gasteiger partial charge in [0.2, 0.25) is 0 Å². The summed E-state index contributed by atoms with van der Waals surface area (Å²) in [4.78, 5) is 16.8. The van der Waals surface area contributed by atoms with E-state index in [4.69, 9.17) is 0 Å². The second kappa shape index (κ2) is 12.2. The van der Waals surface area contributed by atoms with Gasteiger partial charge in [0.1, 0.15) is 5.60 Å². The third-order valence-electron chi connectivity index (χ3n) is 8.16. The minimum Gasteiger partial charge on any atom is -0.384 e. The highest BCUT2D eigenvalue weighted by molar-refractivity contribution is 5.91. The molecule has 3 heterocycles. The molecular weight excluding hydrogens is 583 g/mol. The highest BCUT2D eigenvalue weighted by Crippen LogP contribution is 2.48. The summed E-state index contributed by atoms with van der Waals surface area (Å²) in [6.07, 6.45) is 3.73. The van der Waals surface area contributed by atoms with Gasteiger partial charge in [-0.15, -0.1) is 5.10 Å². The fourth-order valence-electron chi connectivity index (χ4n) is 5.60. The molecule has 0 bridgehead atoms. The van der Waals surface area contributed by atoms with Crippen molar-refractivity contribution in [3.8, 4) is 0 Å². The number of allylic oxidation sites excluding steroid dienone is 1. The van der Waals surface area contributed by atoms with Crippen LogP contribution in [0.1, 0.15) is 89.4 Å². The van der Waals surface area contributed by atoms with Gasteiger partial charge in [-0.05, 0) is 92.8 Å². The Kier molecular flexibility index (Phi) is 8.25. The SMILES string of the molecule is CC(C)(O)c1ccc(CNC(=O)c2cn(CCCCc3cc4c(nn3)CC(C3CC3)=C4c3cccc(C(F)(F)F)c3)nn2)cn1. The van der Waals surface area contributed by atoms with E-state index >= 15 is 0 Å². The van der Waals surface area contributed by atoms with Crippen molar-refractivity contribution in [2.45, 2.75) is 77.2 Å². The molecule has 1 aromatic carbocycles. The van der Waals surface area contributed by atoms with E-state index in [1.165, 1.54) is 17.7 Å². The number of nitrogens with zero attached hydrogens (tertiary/aromatic N) is 6. The van der Waals surface area contributed by atoms with Gasteiger partial charge in [0, 0.05) is 31.3 Å². The van der Waals surface area contributed by atoms with Gasteiger partial charge >= 0.3 is 6.18 Å². The summed E-state index contributed by atoms with van der Waals surface area (Å²) >= 11 is 0. The second-order valence-corrected chi connectivity index (χ2v) is 12.2. The molecule has 234 valence electrons. The Morgan fingerprint density at radius 2 is 1.89 bits per heavy atom. The zero-order valence-corrected chi connectivity index (χ0v) is 25.1. The fourth-order valence-corrected chi connectivity index (χ4v) is 5.60. The predicted octanol–water partition coefficient (Wildman–Crippen LogP) is 5.43. The van der Waals surface area contributed by atoms with E-state index in [1.54, 1.807) is 49.1 Å². The number of nitrogens with one attached hydrogen (secondary N) is 1.